The maximum Gasteiger partial charge on any atom is 0.279 e. The van der Waals surface area contributed by atoms with Crippen molar-refractivity contribution in [3.05, 3.63) is 93.5 Å². The Morgan fingerprint density at radius 3 is 1.97 bits per heavy atom. The quantitative estimate of drug-likeness (QED) is 0.354. The van der Waals surface area contributed by atoms with E-state index in [1.54, 1.807) is 36.4 Å². The molecule has 0 heterocycles. The molecule has 0 aromatic heterocycles. The van der Waals surface area contributed by atoms with E-state index in [9.17, 15) is 14.4 Å². The number of halogens is 2. The second-order valence-electron chi connectivity index (χ2n) is 9.14. The third kappa shape index (κ3) is 7.23. The fourth-order valence-electron chi connectivity index (χ4n) is 3.14. The van der Waals surface area contributed by atoms with E-state index in [-0.39, 0.29) is 27.7 Å². The number of anilines is 1. The molecule has 3 aromatic rings. The van der Waals surface area contributed by atoms with Crippen LogP contribution in [0.4, 0.5) is 5.69 Å². The highest BCUT2D eigenvalue weighted by Gasteiger charge is 2.18. The van der Waals surface area contributed by atoms with Gasteiger partial charge in [-0.3, -0.25) is 25.2 Å². The van der Waals surface area contributed by atoms with Gasteiger partial charge in [-0.15, -0.1) is 0 Å². The van der Waals surface area contributed by atoms with Crippen molar-refractivity contribution in [2.45, 2.75) is 39.2 Å². The van der Waals surface area contributed by atoms with Crippen LogP contribution in [0.15, 0.2) is 66.7 Å². The molecule has 0 aliphatic heterocycles. The topological polar surface area (TPSA) is 96.5 Å². The summed E-state index contributed by atoms with van der Waals surface area (Å²) in [5, 5.41) is 3.51. The van der Waals surface area contributed by atoms with Gasteiger partial charge in [0.15, 0.2) is 6.10 Å². The number of hydrazine groups is 1. The fraction of sp³-hybridized carbons (Fsp3) is 0.222. The van der Waals surface area contributed by atoms with Crippen LogP contribution >= 0.6 is 23.2 Å². The van der Waals surface area contributed by atoms with E-state index in [0.717, 1.165) is 5.56 Å². The Labute approximate surface area is 220 Å². The number of carbonyl (C=O) groups excluding carboxylic acids is 3. The van der Waals surface area contributed by atoms with Crippen molar-refractivity contribution < 1.29 is 19.1 Å². The zero-order valence-corrected chi connectivity index (χ0v) is 21.8. The summed E-state index contributed by atoms with van der Waals surface area (Å²) in [4.78, 5) is 37.2. The Morgan fingerprint density at radius 2 is 1.39 bits per heavy atom. The fourth-order valence-corrected chi connectivity index (χ4v) is 3.59. The second-order valence-corrected chi connectivity index (χ2v) is 9.98. The smallest absolute Gasteiger partial charge is 0.279 e. The second kappa shape index (κ2) is 11.5. The summed E-state index contributed by atoms with van der Waals surface area (Å²) < 4.78 is 5.52. The number of amides is 3. The lowest BCUT2D eigenvalue weighted by Gasteiger charge is -2.19. The molecule has 0 aliphatic rings. The number of nitrogens with one attached hydrogen (secondary N) is 3. The Balaban J connectivity index is 1.51. The Kier molecular flexibility index (Phi) is 8.61. The summed E-state index contributed by atoms with van der Waals surface area (Å²) in [6, 6.07) is 18.4. The zero-order valence-electron chi connectivity index (χ0n) is 20.3. The molecule has 3 aromatic carbocycles. The first-order valence-electron chi connectivity index (χ1n) is 11.2. The van der Waals surface area contributed by atoms with E-state index in [2.05, 4.69) is 36.9 Å². The van der Waals surface area contributed by atoms with E-state index < -0.39 is 17.9 Å². The van der Waals surface area contributed by atoms with Crippen LogP contribution in [0.2, 0.25) is 10.0 Å². The van der Waals surface area contributed by atoms with Crippen molar-refractivity contribution >= 4 is 46.6 Å². The SMILES string of the molecule is CC(Oc1ccc(Cl)cc1Cl)C(=O)NNC(=O)c1ccc(NC(=O)c2ccc(C(C)(C)C)cc2)cc1. The highest BCUT2D eigenvalue weighted by Crippen LogP contribution is 2.28. The molecule has 3 amide bonds. The van der Waals surface area contributed by atoms with Gasteiger partial charge in [-0.25, -0.2) is 0 Å². The van der Waals surface area contributed by atoms with E-state index in [4.69, 9.17) is 27.9 Å². The molecule has 0 saturated carbocycles. The molecule has 0 spiro atoms. The van der Waals surface area contributed by atoms with Crippen molar-refractivity contribution in [2.24, 2.45) is 0 Å². The first-order chi connectivity index (χ1) is 16.9. The molecular formula is C27H27Cl2N3O4. The first-order valence-corrected chi connectivity index (χ1v) is 11.9. The molecule has 36 heavy (non-hydrogen) atoms. The number of rotatable bonds is 6. The number of ether oxygens (including phenoxy) is 1. The summed E-state index contributed by atoms with van der Waals surface area (Å²) in [6.45, 7) is 7.84. The summed E-state index contributed by atoms with van der Waals surface area (Å²) in [5.41, 5.74) is 7.13. The summed E-state index contributed by atoms with van der Waals surface area (Å²) >= 11 is 11.9. The predicted octanol–water partition coefficient (Wildman–Crippen LogP) is 5.77. The van der Waals surface area contributed by atoms with E-state index in [1.807, 2.05) is 12.1 Å². The van der Waals surface area contributed by atoms with Crippen LogP contribution < -0.4 is 20.9 Å². The van der Waals surface area contributed by atoms with Crippen LogP contribution in [-0.4, -0.2) is 23.8 Å². The lowest BCUT2D eigenvalue weighted by atomic mass is 9.87. The summed E-state index contributed by atoms with van der Waals surface area (Å²) in [6.07, 6.45) is -0.931. The van der Waals surface area contributed by atoms with Gasteiger partial charge in [0.25, 0.3) is 17.7 Å². The minimum Gasteiger partial charge on any atom is -0.479 e. The van der Waals surface area contributed by atoms with Gasteiger partial charge >= 0.3 is 0 Å². The Morgan fingerprint density at radius 1 is 0.806 bits per heavy atom. The molecule has 7 nitrogen and oxygen atoms in total. The maximum atomic E-state index is 12.5. The molecule has 0 radical (unpaired) electrons. The number of benzene rings is 3. The van der Waals surface area contributed by atoms with Gasteiger partial charge in [0.2, 0.25) is 0 Å². The molecule has 1 unspecified atom stereocenters. The highest BCUT2D eigenvalue weighted by molar-refractivity contribution is 6.35. The lowest BCUT2D eigenvalue weighted by Crippen LogP contribution is -2.47. The predicted molar refractivity (Wildman–Crippen MR) is 142 cm³/mol. The summed E-state index contributed by atoms with van der Waals surface area (Å²) in [5.74, 6) is -1.07. The number of hydrogen-bond acceptors (Lipinski definition) is 4. The van der Waals surface area contributed by atoms with Gasteiger partial charge in [0.1, 0.15) is 5.75 Å². The van der Waals surface area contributed by atoms with Crippen LogP contribution in [-0.2, 0) is 10.2 Å². The number of carbonyl (C=O) groups is 3. The van der Waals surface area contributed by atoms with E-state index in [0.29, 0.717) is 16.3 Å². The van der Waals surface area contributed by atoms with Crippen molar-refractivity contribution in [3.63, 3.8) is 0 Å². The Hall–Kier alpha value is -3.55. The van der Waals surface area contributed by atoms with E-state index in [1.165, 1.54) is 25.1 Å². The maximum absolute atomic E-state index is 12.5. The Bertz CT molecular complexity index is 1250. The van der Waals surface area contributed by atoms with Gasteiger partial charge < -0.3 is 10.1 Å². The molecule has 0 aliphatic carbocycles. The molecule has 3 rings (SSSR count). The minimum atomic E-state index is -0.931. The molecule has 0 fully saturated rings. The van der Waals surface area contributed by atoms with Crippen molar-refractivity contribution in [2.75, 3.05) is 5.32 Å². The first kappa shape index (κ1) is 27.0. The molecule has 1 atom stereocenters. The van der Waals surface area contributed by atoms with Crippen LogP contribution in [0.25, 0.3) is 0 Å². The largest absolute Gasteiger partial charge is 0.479 e. The normalized spacial score (nSPS) is 11.8. The van der Waals surface area contributed by atoms with Gasteiger partial charge in [0.05, 0.1) is 5.02 Å². The molecule has 188 valence electrons. The zero-order chi connectivity index (χ0) is 26.5. The molecule has 9 heteroatoms. The summed E-state index contributed by atoms with van der Waals surface area (Å²) in [7, 11) is 0. The lowest BCUT2D eigenvalue weighted by molar-refractivity contribution is -0.128. The minimum absolute atomic E-state index is 0.000359. The molecular weight excluding hydrogens is 501 g/mol. The monoisotopic (exact) mass is 527 g/mol. The van der Waals surface area contributed by atoms with Crippen molar-refractivity contribution in [1.82, 2.24) is 10.9 Å². The third-order valence-corrected chi connectivity index (χ3v) is 5.81. The van der Waals surface area contributed by atoms with E-state index >= 15 is 0 Å². The number of hydrogen-bond donors (Lipinski definition) is 3. The van der Waals surface area contributed by atoms with Gasteiger partial charge in [0, 0.05) is 21.8 Å². The highest BCUT2D eigenvalue weighted by atomic mass is 35.5. The average molecular weight is 528 g/mol. The van der Waals surface area contributed by atoms with Crippen molar-refractivity contribution in [3.8, 4) is 5.75 Å². The average Bonchev–Trinajstić information content (AvgIpc) is 2.84. The molecule has 0 bridgehead atoms. The van der Waals surface area contributed by atoms with Crippen LogP contribution in [0.3, 0.4) is 0 Å². The standard InChI is InChI=1S/C27H27Cl2N3O4/c1-16(36-23-14-11-20(28)15-22(23)29)24(33)31-32-26(35)18-7-12-21(13-8-18)30-25(34)17-5-9-19(10-6-17)27(2,3)4/h5-16H,1-4H3,(H,30,34)(H,31,33)(H,32,35). The molecule has 0 saturated heterocycles. The third-order valence-electron chi connectivity index (χ3n) is 5.28. The van der Waals surface area contributed by atoms with Crippen LogP contribution in [0, 0.1) is 0 Å². The van der Waals surface area contributed by atoms with Crippen LogP contribution in [0.1, 0.15) is 54.0 Å². The van der Waals surface area contributed by atoms with Gasteiger partial charge in [-0.05, 0) is 72.5 Å². The van der Waals surface area contributed by atoms with Gasteiger partial charge in [-0.1, -0.05) is 56.1 Å². The van der Waals surface area contributed by atoms with Crippen molar-refractivity contribution in [1.29, 1.82) is 0 Å². The van der Waals surface area contributed by atoms with Crippen LogP contribution in [0.5, 0.6) is 5.75 Å². The van der Waals surface area contributed by atoms with Gasteiger partial charge in [-0.2, -0.15) is 0 Å². The molecule has 3 N–H and O–H groups in total.